The summed E-state index contributed by atoms with van der Waals surface area (Å²) in [6.45, 7) is 0.308. The molecule has 156 valence electrons. The highest BCUT2D eigenvalue weighted by atomic mass is 35.5. The first-order chi connectivity index (χ1) is 14.6. The Balaban J connectivity index is 1.71. The molecule has 1 N–H and O–H groups in total. The standard InChI is InChI=1S/C23H23ClN2O3S/c24-17-11-9-16(10-12-17)21(22(27)25-18-5-1-2-6-18)26(15-19-7-4-14-30-19)23(28)20-8-3-13-29-20/h3-4,7-14,18,21H,1-2,5-6,15H2,(H,25,27). The zero-order valence-electron chi connectivity index (χ0n) is 16.4. The van der Waals surface area contributed by atoms with E-state index in [4.69, 9.17) is 16.0 Å². The van der Waals surface area contributed by atoms with Crippen molar-refractivity contribution in [1.29, 1.82) is 0 Å². The van der Waals surface area contributed by atoms with Crippen LogP contribution in [0.15, 0.2) is 64.6 Å². The molecule has 1 saturated carbocycles. The fraction of sp³-hybridized carbons (Fsp3) is 0.304. The first-order valence-corrected chi connectivity index (χ1v) is 11.3. The number of thiophene rings is 1. The number of rotatable bonds is 7. The predicted molar refractivity (Wildman–Crippen MR) is 117 cm³/mol. The van der Waals surface area contributed by atoms with Crippen LogP contribution in [-0.4, -0.2) is 22.8 Å². The van der Waals surface area contributed by atoms with Crippen molar-refractivity contribution in [3.8, 4) is 0 Å². The minimum atomic E-state index is -0.789. The van der Waals surface area contributed by atoms with E-state index in [1.165, 1.54) is 6.26 Å². The van der Waals surface area contributed by atoms with Gasteiger partial charge in [0.05, 0.1) is 12.8 Å². The predicted octanol–water partition coefficient (Wildman–Crippen LogP) is 5.44. The minimum absolute atomic E-state index is 0.148. The lowest BCUT2D eigenvalue weighted by Gasteiger charge is -2.31. The van der Waals surface area contributed by atoms with E-state index in [0.29, 0.717) is 17.1 Å². The molecule has 0 saturated heterocycles. The summed E-state index contributed by atoms with van der Waals surface area (Å²) in [5.74, 6) is -0.296. The van der Waals surface area contributed by atoms with Gasteiger partial charge in [0.25, 0.3) is 5.91 Å². The Bertz CT molecular complexity index is 965. The molecule has 0 bridgehead atoms. The van der Waals surface area contributed by atoms with E-state index in [1.807, 2.05) is 17.5 Å². The Kier molecular flexibility index (Phi) is 6.55. The number of carbonyl (C=O) groups is 2. The first kappa shape index (κ1) is 20.7. The third-order valence-electron chi connectivity index (χ3n) is 5.35. The molecule has 0 spiro atoms. The molecule has 1 aliphatic carbocycles. The maximum Gasteiger partial charge on any atom is 0.290 e. The molecular weight excluding hydrogens is 420 g/mol. The van der Waals surface area contributed by atoms with Gasteiger partial charge < -0.3 is 14.6 Å². The minimum Gasteiger partial charge on any atom is -0.459 e. The molecule has 3 aromatic rings. The van der Waals surface area contributed by atoms with Gasteiger partial charge in [-0.1, -0.05) is 42.6 Å². The average molecular weight is 443 g/mol. The van der Waals surface area contributed by atoms with E-state index in [2.05, 4.69) is 5.32 Å². The van der Waals surface area contributed by atoms with Crippen LogP contribution in [0.3, 0.4) is 0 Å². The number of halogens is 1. The number of amides is 2. The largest absolute Gasteiger partial charge is 0.459 e. The van der Waals surface area contributed by atoms with Gasteiger partial charge in [-0.15, -0.1) is 11.3 Å². The number of benzene rings is 1. The van der Waals surface area contributed by atoms with Crippen LogP contribution in [0.25, 0.3) is 0 Å². The highest BCUT2D eigenvalue weighted by molar-refractivity contribution is 7.09. The molecule has 7 heteroatoms. The molecule has 2 heterocycles. The number of furan rings is 1. The van der Waals surface area contributed by atoms with Gasteiger partial charge in [0.1, 0.15) is 6.04 Å². The van der Waals surface area contributed by atoms with Gasteiger partial charge in [-0.05, 0) is 54.1 Å². The lowest BCUT2D eigenvalue weighted by Crippen LogP contribution is -2.45. The van der Waals surface area contributed by atoms with Crippen molar-refractivity contribution >= 4 is 34.8 Å². The second-order valence-electron chi connectivity index (χ2n) is 7.43. The summed E-state index contributed by atoms with van der Waals surface area (Å²) in [4.78, 5) is 29.4. The van der Waals surface area contributed by atoms with Crippen LogP contribution in [-0.2, 0) is 11.3 Å². The Morgan fingerprint density at radius 1 is 1.13 bits per heavy atom. The summed E-state index contributed by atoms with van der Waals surface area (Å²) < 4.78 is 5.37. The van der Waals surface area contributed by atoms with Crippen LogP contribution in [0.4, 0.5) is 0 Å². The molecule has 1 atom stereocenters. The molecule has 2 amide bonds. The molecule has 1 fully saturated rings. The van der Waals surface area contributed by atoms with Crippen LogP contribution in [0.2, 0.25) is 5.02 Å². The first-order valence-electron chi connectivity index (χ1n) is 10.0. The summed E-state index contributed by atoms with van der Waals surface area (Å²) in [5, 5.41) is 5.70. The van der Waals surface area contributed by atoms with Crippen molar-refractivity contribution in [3.05, 3.63) is 81.4 Å². The van der Waals surface area contributed by atoms with Gasteiger partial charge in [-0.2, -0.15) is 0 Å². The van der Waals surface area contributed by atoms with Crippen LogP contribution in [0.1, 0.15) is 52.7 Å². The summed E-state index contributed by atoms with van der Waals surface area (Å²) >= 11 is 7.63. The maximum absolute atomic E-state index is 13.5. The second kappa shape index (κ2) is 9.49. The molecule has 5 nitrogen and oxygen atoms in total. The van der Waals surface area contributed by atoms with Crippen LogP contribution in [0, 0.1) is 0 Å². The number of nitrogens with zero attached hydrogens (tertiary/aromatic N) is 1. The summed E-state index contributed by atoms with van der Waals surface area (Å²) in [6.07, 6.45) is 5.63. The molecule has 30 heavy (non-hydrogen) atoms. The Labute approximate surface area is 184 Å². The number of carbonyl (C=O) groups excluding carboxylic acids is 2. The summed E-state index contributed by atoms with van der Waals surface area (Å²) in [6, 6.07) is 13.6. The lowest BCUT2D eigenvalue weighted by atomic mass is 10.0. The van der Waals surface area contributed by atoms with E-state index in [1.54, 1.807) is 52.6 Å². The molecule has 2 aromatic heterocycles. The number of nitrogens with one attached hydrogen (secondary N) is 1. The van der Waals surface area contributed by atoms with Gasteiger partial charge in [0.2, 0.25) is 5.91 Å². The molecule has 0 aliphatic heterocycles. The molecule has 1 aromatic carbocycles. The third-order valence-corrected chi connectivity index (χ3v) is 6.46. The Morgan fingerprint density at radius 3 is 2.53 bits per heavy atom. The molecule has 1 unspecified atom stereocenters. The summed E-state index contributed by atoms with van der Waals surface area (Å²) in [5.41, 5.74) is 0.714. The van der Waals surface area contributed by atoms with Gasteiger partial charge in [-0.3, -0.25) is 9.59 Å². The Morgan fingerprint density at radius 2 is 1.90 bits per heavy atom. The highest BCUT2D eigenvalue weighted by Crippen LogP contribution is 2.29. The van der Waals surface area contributed by atoms with Crippen molar-refractivity contribution < 1.29 is 14.0 Å². The van der Waals surface area contributed by atoms with Gasteiger partial charge in [-0.25, -0.2) is 0 Å². The second-order valence-corrected chi connectivity index (χ2v) is 8.90. The molecule has 4 rings (SSSR count). The van der Waals surface area contributed by atoms with E-state index in [9.17, 15) is 9.59 Å². The number of hydrogen-bond acceptors (Lipinski definition) is 4. The van der Waals surface area contributed by atoms with Crippen LogP contribution in [0.5, 0.6) is 0 Å². The van der Waals surface area contributed by atoms with E-state index in [0.717, 1.165) is 30.6 Å². The number of hydrogen-bond donors (Lipinski definition) is 1. The zero-order chi connectivity index (χ0) is 20.9. The zero-order valence-corrected chi connectivity index (χ0v) is 18.0. The van der Waals surface area contributed by atoms with E-state index >= 15 is 0 Å². The third kappa shape index (κ3) is 4.77. The van der Waals surface area contributed by atoms with Crippen molar-refractivity contribution in [1.82, 2.24) is 10.2 Å². The monoisotopic (exact) mass is 442 g/mol. The van der Waals surface area contributed by atoms with Crippen molar-refractivity contribution in [3.63, 3.8) is 0 Å². The van der Waals surface area contributed by atoms with Crippen LogP contribution < -0.4 is 5.32 Å². The topological polar surface area (TPSA) is 62.6 Å². The molecular formula is C23H23ClN2O3S. The van der Waals surface area contributed by atoms with Crippen molar-refractivity contribution in [2.24, 2.45) is 0 Å². The van der Waals surface area contributed by atoms with Gasteiger partial charge in [0, 0.05) is 15.9 Å². The lowest BCUT2D eigenvalue weighted by molar-refractivity contribution is -0.126. The quantitative estimate of drug-likeness (QED) is 0.530. The normalized spacial score (nSPS) is 15.1. The smallest absolute Gasteiger partial charge is 0.290 e. The fourth-order valence-corrected chi connectivity index (χ4v) is 4.69. The van der Waals surface area contributed by atoms with Gasteiger partial charge >= 0.3 is 0 Å². The average Bonchev–Trinajstić information content (AvgIpc) is 3.52. The van der Waals surface area contributed by atoms with E-state index in [-0.39, 0.29) is 23.6 Å². The highest BCUT2D eigenvalue weighted by Gasteiger charge is 2.34. The molecule has 1 aliphatic rings. The van der Waals surface area contributed by atoms with Crippen molar-refractivity contribution in [2.75, 3.05) is 0 Å². The van der Waals surface area contributed by atoms with Crippen molar-refractivity contribution in [2.45, 2.75) is 44.3 Å². The SMILES string of the molecule is O=C(NC1CCCC1)C(c1ccc(Cl)cc1)N(Cc1cccs1)C(=O)c1ccco1. The van der Waals surface area contributed by atoms with Crippen LogP contribution >= 0.6 is 22.9 Å². The molecule has 0 radical (unpaired) electrons. The van der Waals surface area contributed by atoms with Gasteiger partial charge in [0.15, 0.2) is 5.76 Å². The van der Waals surface area contributed by atoms with E-state index < -0.39 is 6.04 Å². The summed E-state index contributed by atoms with van der Waals surface area (Å²) in [7, 11) is 0. The maximum atomic E-state index is 13.5. The Hall–Kier alpha value is -2.57. The fourth-order valence-electron chi connectivity index (χ4n) is 3.86.